The first-order chi connectivity index (χ1) is 10.3. The highest BCUT2D eigenvalue weighted by molar-refractivity contribution is 5.79. The molecule has 1 saturated heterocycles. The predicted molar refractivity (Wildman–Crippen MR) is 84.8 cm³/mol. The molecular weight excluding hydrogens is 270 g/mol. The van der Waals surface area contributed by atoms with Crippen LogP contribution in [0.2, 0.25) is 0 Å². The van der Waals surface area contributed by atoms with Gasteiger partial charge in [-0.05, 0) is 32.1 Å². The first-order valence-electron chi connectivity index (χ1n) is 7.88. The average Bonchev–Trinajstić information content (AvgIpc) is 2.50. The molecule has 1 rings (SSSR count). The SMILES string of the molecule is CN=C(NCCCOCC1CCOCC1)NC(C)COC. The summed E-state index contributed by atoms with van der Waals surface area (Å²) in [6, 6.07) is 0.242. The van der Waals surface area contributed by atoms with Crippen LogP contribution in [0.4, 0.5) is 0 Å². The summed E-state index contributed by atoms with van der Waals surface area (Å²) in [6.45, 7) is 7.00. The largest absolute Gasteiger partial charge is 0.383 e. The van der Waals surface area contributed by atoms with Crippen LogP contribution in [0.15, 0.2) is 4.99 Å². The van der Waals surface area contributed by atoms with Gasteiger partial charge in [-0.2, -0.15) is 0 Å². The van der Waals surface area contributed by atoms with E-state index in [1.807, 2.05) is 0 Å². The van der Waals surface area contributed by atoms with E-state index >= 15 is 0 Å². The molecule has 0 aliphatic carbocycles. The van der Waals surface area contributed by atoms with Crippen LogP contribution in [0.5, 0.6) is 0 Å². The Morgan fingerprint density at radius 2 is 2.14 bits per heavy atom. The third kappa shape index (κ3) is 8.90. The molecule has 124 valence electrons. The van der Waals surface area contributed by atoms with E-state index in [1.165, 1.54) is 0 Å². The van der Waals surface area contributed by atoms with E-state index in [4.69, 9.17) is 14.2 Å². The number of nitrogens with one attached hydrogen (secondary N) is 2. The van der Waals surface area contributed by atoms with Crippen LogP contribution < -0.4 is 10.6 Å². The van der Waals surface area contributed by atoms with Gasteiger partial charge < -0.3 is 24.8 Å². The van der Waals surface area contributed by atoms with E-state index in [2.05, 4.69) is 22.5 Å². The fourth-order valence-electron chi connectivity index (χ4n) is 2.26. The molecule has 1 aliphatic heterocycles. The molecule has 6 heteroatoms. The fraction of sp³-hybridized carbons (Fsp3) is 0.933. The van der Waals surface area contributed by atoms with Gasteiger partial charge in [0.05, 0.1) is 6.61 Å². The van der Waals surface area contributed by atoms with Gasteiger partial charge in [-0.25, -0.2) is 0 Å². The highest BCUT2D eigenvalue weighted by Crippen LogP contribution is 2.14. The van der Waals surface area contributed by atoms with Crippen LogP contribution in [0, 0.1) is 5.92 Å². The zero-order chi connectivity index (χ0) is 15.3. The van der Waals surface area contributed by atoms with Crippen molar-refractivity contribution in [1.29, 1.82) is 0 Å². The van der Waals surface area contributed by atoms with Crippen molar-refractivity contribution in [2.24, 2.45) is 10.9 Å². The normalized spacial score (nSPS) is 18.5. The summed E-state index contributed by atoms with van der Waals surface area (Å²) in [5, 5.41) is 6.55. The predicted octanol–water partition coefficient (Wildman–Crippen LogP) is 1.02. The molecule has 0 saturated carbocycles. The molecule has 1 aliphatic rings. The van der Waals surface area contributed by atoms with Gasteiger partial charge in [0.15, 0.2) is 5.96 Å². The summed E-state index contributed by atoms with van der Waals surface area (Å²) in [5.74, 6) is 1.49. The Balaban J connectivity index is 1.99. The van der Waals surface area contributed by atoms with Crippen molar-refractivity contribution >= 4 is 5.96 Å². The topological polar surface area (TPSA) is 64.1 Å². The number of nitrogens with zero attached hydrogens (tertiary/aromatic N) is 1. The minimum Gasteiger partial charge on any atom is -0.383 e. The standard InChI is InChI=1S/C15H31N3O3/c1-13(11-19-3)18-15(16-2)17-7-4-8-21-12-14-5-9-20-10-6-14/h13-14H,4-12H2,1-3H3,(H2,16,17,18). The van der Waals surface area contributed by atoms with Gasteiger partial charge in [-0.3, -0.25) is 4.99 Å². The second-order valence-corrected chi connectivity index (χ2v) is 5.48. The number of hydrogen-bond donors (Lipinski definition) is 2. The molecule has 2 N–H and O–H groups in total. The van der Waals surface area contributed by atoms with Crippen molar-refractivity contribution in [3.63, 3.8) is 0 Å². The highest BCUT2D eigenvalue weighted by atomic mass is 16.5. The summed E-state index contributed by atoms with van der Waals surface area (Å²) in [7, 11) is 3.47. The van der Waals surface area contributed by atoms with Crippen molar-refractivity contribution in [2.75, 3.05) is 53.7 Å². The molecule has 1 unspecified atom stereocenters. The molecule has 0 amide bonds. The number of methoxy groups -OCH3 is 1. The number of aliphatic imine (C=N–C) groups is 1. The number of guanidine groups is 1. The van der Waals surface area contributed by atoms with Gasteiger partial charge in [-0.15, -0.1) is 0 Å². The van der Waals surface area contributed by atoms with Crippen molar-refractivity contribution in [3.8, 4) is 0 Å². The third-order valence-corrected chi connectivity index (χ3v) is 3.48. The molecule has 0 aromatic rings. The molecule has 1 atom stereocenters. The lowest BCUT2D eigenvalue weighted by atomic mass is 10.0. The van der Waals surface area contributed by atoms with Gasteiger partial charge in [0.25, 0.3) is 0 Å². The summed E-state index contributed by atoms with van der Waals surface area (Å²) in [5.41, 5.74) is 0. The van der Waals surface area contributed by atoms with E-state index in [0.29, 0.717) is 12.5 Å². The molecule has 0 aromatic carbocycles. The lowest BCUT2D eigenvalue weighted by molar-refractivity contribution is 0.0203. The Kier molecular flexibility index (Phi) is 10.2. The second kappa shape index (κ2) is 11.8. The Hall–Kier alpha value is -0.850. The minimum atomic E-state index is 0.242. The Labute approximate surface area is 128 Å². The Bertz CT molecular complexity index is 281. The Morgan fingerprint density at radius 3 is 2.81 bits per heavy atom. The maximum atomic E-state index is 5.73. The minimum absolute atomic E-state index is 0.242. The van der Waals surface area contributed by atoms with E-state index in [-0.39, 0.29) is 6.04 Å². The first-order valence-corrected chi connectivity index (χ1v) is 7.88. The molecule has 0 radical (unpaired) electrons. The second-order valence-electron chi connectivity index (χ2n) is 5.48. The molecular formula is C15H31N3O3. The molecule has 0 aromatic heterocycles. The van der Waals surface area contributed by atoms with Crippen LogP contribution in [0.1, 0.15) is 26.2 Å². The van der Waals surface area contributed by atoms with Crippen molar-refractivity contribution in [2.45, 2.75) is 32.2 Å². The van der Waals surface area contributed by atoms with Gasteiger partial charge in [0.2, 0.25) is 0 Å². The van der Waals surface area contributed by atoms with Crippen molar-refractivity contribution in [1.82, 2.24) is 10.6 Å². The van der Waals surface area contributed by atoms with Crippen LogP contribution in [-0.2, 0) is 14.2 Å². The van der Waals surface area contributed by atoms with Crippen molar-refractivity contribution < 1.29 is 14.2 Å². The van der Waals surface area contributed by atoms with Gasteiger partial charge >= 0.3 is 0 Å². The summed E-state index contributed by atoms with van der Waals surface area (Å²) in [6.07, 6.45) is 3.24. The highest BCUT2D eigenvalue weighted by Gasteiger charge is 2.13. The summed E-state index contributed by atoms with van der Waals surface area (Å²) >= 11 is 0. The van der Waals surface area contributed by atoms with Gasteiger partial charge in [0.1, 0.15) is 0 Å². The smallest absolute Gasteiger partial charge is 0.191 e. The maximum Gasteiger partial charge on any atom is 0.191 e. The molecule has 1 fully saturated rings. The average molecular weight is 301 g/mol. The van der Waals surface area contributed by atoms with E-state index < -0.39 is 0 Å². The molecule has 0 bridgehead atoms. The quantitative estimate of drug-likeness (QED) is 0.378. The monoisotopic (exact) mass is 301 g/mol. The molecule has 0 spiro atoms. The van der Waals surface area contributed by atoms with E-state index in [0.717, 1.165) is 58.2 Å². The Morgan fingerprint density at radius 1 is 1.38 bits per heavy atom. The molecule has 21 heavy (non-hydrogen) atoms. The van der Waals surface area contributed by atoms with Gasteiger partial charge in [-0.1, -0.05) is 0 Å². The molecule has 6 nitrogen and oxygen atoms in total. The van der Waals surface area contributed by atoms with E-state index in [9.17, 15) is 0 Å². The zero-order valence-electron chi connectivity index (χ0n) is 13.7. The van der Waals surface area contributed by atoms with E-state index in [1.54, 1.807) is 14.2 Å². The third-order valence-electron chi connectivity index (χ3n) is 3.48. The fourth-order valence-corrected chi connectivity index (χ4v) is 2.26. The van der Waals surface area contributed by atoms with Crippen LogP contribution in [0.25, 0.3) is 0 Å². The summed E-state index contributed by atoms with van der Waals surface area (Å²) in [4.78, 5) is 4.19. The number of ether oxygens (including phenoxy) is 3. The van der Waals surface area contributed by atoms with Crippen molar-refractivity contribution in [3.05, 3.63) is 0 Å². The number of hydrogen-bond acceptors (Lipinski definition) is 4. The zero-order valence-corrected chi connectivity index (χ0v) is 13.7. The van der Waals surface area contributed by atoms with Crippen LogP contribution >= 0.6 is 0 Å². The van der Waals surface area contributed by atoms with Crippen LogP contribution in [-0.4, -0.2) is 65.7 Å². The molecule has 1 heterocycles. The van der Waals surface area contributed by atoms with Gasteiger partial charge in [0, 0.05) is 53.2 Å². The first kappa shape index (κ1) is 18.2. The summed E-state index contributed by atoms with van der Waals surface area (Å²) < 4.78 is 16.2. The lowest BCUT2D eigenvalue weighted by Crippen LogP contribution is -2.44. The number of rotatable bonds is 9. The van der Waals surface area contributed by atoms with Crippen LogP contribution in [0.3, 0.4) is 0 Å². The lowest BCUT2D eigenvalue weighted by Gasteiger charge is -2.21. The maximum absolute atomic E-state index is 5.73.